The molecule has 1 saturated heterocycles. The molecular formula is C8H13NO. The normalized spacial score (nSPS) is 45.3. The third kappa shape index (κ3) is 0.678. The van der Waals surface area contributed by atoms with Crippen molar-refractivity contribution >= 4 is 5.91 Å². The van der Waals surface area contributed by atoms with Crippen LogP contribution in [0.15, 0.2) is 0 Å². The highest BCUT2D eigenvalue weighted by atomic mass is 16.2. The van der Waals surface area contributed by atoms with E-state index in [-0.39, 0.29) is 0 Å². The quantitative estimate of drug-likeness (QED) is 0.531. The van der Waals surface area contributed by atoms with Gasteiger partial charge >= 0.3 is 0 Å². The van der Waals surface area contributed by atoms with Gasteiger partial charge in [0.2, 0.25) is 5.91 Å². The molecule has 1 unspecified atom stereocenters. The second-order valence-corrected chi connectivity index (χ2v) is 3.50. The third-order valence-electron chi connectivity index (χ3n) is 2.92. The van der Waals surface area contributed by atoms with Crippen LogP contribution in [0.25, 0.3) is 0 Å². The molecule has 1 N–H and O–H groups in total. The zero-order chi connectivity index (χ0) is 7.14. The molecule has 56 valence electrons. The summed E-state index contributed by atoms with van der Waals surface area (Å²) >= 11 is 0. The topological polar surface area (TPSA) is 29.1 Å². The summed E-state index contributed by atoms with van der Waals surface area (Å²) in [4.78, 5) is 11.2. The van der Waals surface area contributed by atoms with E-state index in [1.54, 1.807) is 0 Å². The van der Waals surface area contributed by atoms with Gasteiger partial charge in [-0.05, 0) is 25.7 Å². The van der Waals surface area contributed by atoms with Crippen molar-refractivity contribution in [2.75, 3.05) is 0 Å². The minimum absolute atomic E-state index is 0.301. The molecule has 0 radical (unpaired) electrons. The lowest BCUT2D eigenvalue weighted by Crippen LogP contribution is -2.25. The van der Waals surface area contributed by atoms with Crippen molar-refractivity contribution in [2.24, 2.45) is 11.8 Å². The van der Waals surface area contributed by atoms with E-state index in [2.05, 4.69) is 12.2 Å². The lowest BCUT2D eigenvalue weighted by molar-refractivity contribution is -0.122. The molecule has 2 fully saturated rings. The van der Waals surface area contributed by atoms with Crippen LogP contribution in [-0.2, 0) is 4.79 Å². The number of carbonyl (C=O) groups excluding carboxylic acids is 1. The Labute approximate surface area is 61.0 Å². The van der Waals surface area contributed by atoms with Crippen molar-refractivity contribution in [2.45, 2.75) is 32.2 Å². The molecule has 0 bridgehead atoms. The molecular weight excluding hydrogens is 126 g/mol. The maximum atomic E-state index is 11.2. The number of amides is 1. The lowest BCUT2D eigenvalue weighted by atomic mass is 9.95. The smallest absolute Gasteiger partial charge is 0.223 e. The second kappa shape index (κ2) is 1.97. The number of hydrogen-bond donors (Lipinski definition) is 1. The van der Waals surface area contributed by atoms with Crippen LogP contribution < -0.4 is 5.32 Å². The molecule has 1 aliphatic carbocycles. The first-order valence-corrected chi connectivity index (χ1v) is 4.09. The van der Waals surface area contributed by atoms with Gasteiger partial charge in [-0.15, -0.1) is 0 Å². The molecule has 2 rings (SSSR count). The largest absolute Gasteiger partial charge is 0.353 e. The minimum atomic E-state index is 0.301. The lowest BCUT2D eigenvalue weighted by Gasteiger charge is -2.09. The van der Waals surface area contributed by atoms with E-state index in [1.807, 2.05) is 0 Å². The molecule has 2 nitrogen and oxygen atoms in total. The van der Waals surface area contributed by atoms with E-state index in [0.29, 0.717) is 23.8 Å². The molecule has 0 aromatic rings. The van der Waals surface area contributed by atoms with Gasteiger partial charge in [-0.1, -0.05) is 6.42 Å². The van der Waals surface area contributed by atoms with Crippen LogP contribution >= 0.6 is 0 Å². The Hall–Kier alpha value is -0.530. The fourth-order valence-electron chi connectivity index (χ4n) is 2.35. The molecule has 2 aliphatic rings. The van der Waals surface area contributed by atoms with E-state index < -0.39 is 0 Å². The van der Waals surface area contributed by atoms with Crippen molar-refractivity contribution in [3.05, 3.63) is 0 Å². The Bertz CT molecular complexity index is 167. The summed E-state index contributed by atoms with van der Waals surface area (Å²) < 4.78 is 0. The van der Waals surface area contributed by atoms with Crippen molar-refractivity contribution in [3.8, 4) is 0 Å². The third-order valence-corrected chi connectivity index (χ3v) is 2.92. The molecule has 1 aliphatic heterocycles. The second-order valence-electron chi connectivity index (χ2n) is 3.50. The molecule has 0 spiro atoms. The average molecular weight is 139 g/mol. The molecule has 1 amide bonds. The molecule has 3 atom stereocenters. The van der Waals surface area contributed by atoms with Crippen molar-refractivity contribution in [1.82, 2.24) is 5.32 Å². The van der Waals surface area contributed by atoms with Gasteiger partial charge in [-0.3, -0.25) is 4.79 Å². The van der Waals surface area contributed by atoms with Crippen LogP contribution in [0.1, 0.15) is 26.2 Å². The van der Waals surface area contributed by atoms with Crippen LogP contribution in [0.5, 0.6) is 0 Å². The Morgan fingerprint density at radius 1 is 1.50 bits per heavy atom. The molecule has 1 heterocycles. The van der Waals surface area contributed by atoms with E-state index in [9.17, 15) is 4.79 Å². The predicted molar refractivity (Wildman–Crippen MR) is 38.4 cm³/mol. The van der Waals surface area contributed by atoms with Gasteiger partial charge < -0.3 is 5.32 Å². The number of fused-ring (bicyclic) bond motifs is 1. The SMILES string of the molecule is CC1NC(=O)[C@@H]2CCC[C@H]12. The van der Waals surface area contributed by atoms with Gasteiger partial charge in [0.15, 0.2) is 0 Å². The molecule has 10 heavy (non-hydrogen) atoms. The first-order chi connectivity index (χ1) is 4.79. The van der Waals surface area contributed by atoms with Crippen LogP contribution in [-0.4, -0.2) is 11.9 Å². The highest BCUT2D eigenvalue weighted by Gasteiger charge is 2.42. The maximum absolute atomic E-state index is 11.2. The predicted octanol–water partition coefficient (Wildman–Crippen LogP) is 0.921. The summed E-state index contributed by atoms with van der Waals surface area (Å²) in [6, 6.07) is 0.444. The summed E-state index contributed by atoms with van der Waals surface area (Å²) in [5, 5.41) is 2.98. The average Bonchev–Trinajstić information content (AvgIpc) is 2.39. The first kappa shape index (κ1) is 6.20. The number of nitrogens with one attached hydrogen (secondary N) is 1. The molecule has 2 heteroatoms. The summed E-state index contributed by atoms with van der Waals surface area (Å²) in [5.74, 6) is 1.33. The van der Waals surface area contributed by atoms with E-state index >= 15 is 0 Å². The molecule has 0 aromatic carbocycles. The fourth-order valence-corrected chi connectivity index (χ4v) is 2.35. The fraction of sp³-hybridized carbons (Fsp3) is 0.875. The van der Waals surface area contributed by atoms with Crippen molar-refractivity contribution in [1.29, 1.82) is 0 Å². The van der Waals surface area contributed by atoms with Gasteiger partial charge in [0, 0.05) is 12.0 Å². The van der Waals surface area contributed by atoms with Crippen LogP contribution in [0.3, 0.4) is 0 Å². The standard InChI is InChI=1S/C8H13NO/c1-5-6-3-2-4-7(6)8(10)9-5/h5-7H,2-4H2,1H3,(H,9,10)/t5?,6-,7-/m1/s1. The zero-order valence-electron chi connectivity index (χ0n) is 6.26. The summed E-state index contributed by atoms with van der Waals surface area (Å²) in [5.41, 5.74) is 0. The number of rotatable bonds is 0. The Kier molecular flexibility index (Phi) is 1.22. The summed E-state index contributed by atoms with van der Waals surface area (Å²) in [7, 11) is 0. The highest BCUT2D eigenvalue weighted by Crippen LogP contribution is 2.37. The van der Waals surface area contributed by atoms with E-state index in [4.69, 9.17) is 0 Å². The van der Waals surface area contributed by atoms with Gasteiger partial charge in [-0.2, -0.15) is 0 Å². The van der Waals surface area contributed by atoms with Gasteiger partial charge in [-0.25, -0.2) is 0 Å². The van der Waals surface area contributed by atoms with E-state index in [1.165, 1.54) is 12.8 Å². The van der Waals surface area contributed by atoms with Gasteiger partial charge in [0.25, 0.3) is 0 Å². The highest BCUT2D eigenvalue weighted by molar-refractivity contribution is 5.82. The zero-order valence-corrected chi connectivity index (χ0v) is 6.26. The van der Waals surface area contributed by atoms with Gasteiger partial charge in [0.05, 0.1) is 0 Å². The number of carbonyl (C=O) groups is 1. The van der Waals surface area contributed by atoms with Crippen LogP contribution in [0.4, 0.5) is 0 Å². The monoisotopic (exact) mass is 139 g/mol. The maximum Gasteiger partial charge on any atom is 0.223 e. The van der Waals surface area contributed by atoms with Gasteiger partial charge in [0.1, 0.15) is 0 Å². The van der Waals surface area contributed by atoms with Crippen LogP contribution in [0, 0.1) is 11.8 Å². The Morgan fingerprint density at radius 3 is 3.00 bits per heavy atom. The van der Waals surface area contributed by atoms with E-state index in [0.717, 1.165) is 6.42 Å². The van der Waals surface area contributed by atoms with Crippen LogP contribution in [0.2, 0.25) is 0 Å². The number of hydrogen-bond acceptors (Lipinski definition) is 1. The Morgan fingerprint density at radius 2 is 2.30 bits per heavy atom. The molecule has 1 saturated carbocycles. The molecule has 0 aromatic heterocycles. The Balaban J connectivity index is 2.19. The van der Waals surface area contributed by atoms with Crippen molar-refractivity contribution < 1.29 is 4.79 Å². The summed E-state index contributed by atoms with van der Waals surface area (Å²) in [6.45, 7) is 2.12. The summed E-state index contributed by atoms with van der Waals surface area (Å²) in [6.07, 6.45) is 3.64. The first-order valence-electron chi connectivity index (χ1n) is 4.09. The minimum Gasteiger partial charge on any atom is -0.353 e. The van der Waals surface area contributed by atoms with Crippen molar-refractivity contribution in [3.63, 3.8) is 0 Å².